The summed E-state index contributed by atoms with van der Waals surface area (Å²) in [6, 6.07) is 10.4. The van der Waals surface area contributed by atoms with E-state index in [1.807, 2.05) is 13.0 Å². The summed E-state index contributed by atoms with van der Waals surface area (Å²) < 4.78 is 0. The molecule has 7 heteroatoms. The lowest BCUT2D eigenvalue weighted by Crippen LogP contribution is -2.46. The predicted molar refractivity (Wildman–Crippen MR) is 104 cm³/mol. The van der Waals surface area contributed by atoms with Crippen LogP contribution in [0.5, 0.6) is 0 Å². The van der Waals surface area contributed by atoms with Gasteiger partial charge in [-0.25, -0.2) is 9.97 Å². The second-order valence-electron chi connectivity index (χ2n) is 6.79. The second-order valence-corrected chi connectivity index (χ2v) is 7.85. The molecule has 1 N–H and O–H groups in total. The van der Waals surface area contributed by atoms with Gasteiger partial charge in [0, 0.05) is 30.1 Å². The van der Waals surface area contributed by atoms with E-state index in [1.54, 1.807) is 16.2 Å². The zero-order valence-corrected chi connectivity index (χ0v) is 15.8. The molecule has 0 radical (unpaired) electrons. The fraction of sp³-hybridized carbons (Fsp3) is 0.300. The molecule has 4 rings (SSSR count). The van der Waals surface area contributed by atoms with Gasteiger partial charge in [0.1, 0.15) is 5.69 Å². The molecule has 3 heterocycles. The van der Waals surface area contributed by atoms with Gasteiger partial charge in [-0.2, -0.15) is 0 Å². The van der Waals surface area contributed by atoms with Crippen LogP contribution in [0.3, 0.4) is 0 Å². The van der Waals surface area contributed by atoms with Gasteiger partial charge in [0.15, 0.2) is 0 Å². The molecule has 0 atom stereocenters. The number of benzene rings is 1. The fourth-order valence-electron chi connectivity index (χ4n) is 3.75. The minimum absolute atomic E-state index is 0.151. The fourth-order valence-corrected chi connectivity index (χ4v) is 4.46. The highest BCUT2D eigenvalue weighted by atomic mass is 32.1. The molecule has 1 aliphatic rings. The van der Waals surface area contributed by atoms with Crippen molar-refractivity contribution in [3.8, 4) is 0 Å². The van der Waals surface area contributed by atoms with Gasteiger partial charge in [0.2, 0.25) is 0 Å². The second kappa shape index (κ2) is 7.08. The summed E-state index contributed by atoms with van der Waals surface area (Å²) in [6.07, 6.45) is 4.13. The summed E-state index contributed by atoms with van der Waals surface area (Å²) in [5, 5.41) is 3.19. The molecule has 3 aromatic rings. The lowest BCUT2D eigenvalue weighted by atomic mass is 9.70. The summed E-state index contributed by atoms with van der Waals surface area (Å²) in [4.78, 5) is 37.0. The third-order valence-electron chi connectivity index (χ3n) is 5.23. The van der Waals surface area contributed by atoms with Gasteiger partial charge >= 0.3 is 0 Å². The summed E-state index contributed by atoms with van der Waals surface area (Å²) in [6.45, 7) is 3.25. The lowest BCUT2D eigenvalue weighted by molar-refractivity contribution is 0.0677. The molecule has 0 bridgehead atoms. The Balaban J connectivity index is 1.61. The van der Waals surface area contributed by atoms with Crippen molar-refractivity contribution in [2.45, 2.75) is 25.2 Å². The van der Waals surface area contributed by atoms with Crippen LogP contribution >= 0.6 is 11.3 Å². The average molecular weight is 380 g/mol. The van der Waals surface area contributed by atoms with Crippen LogP contribution in [0.25, 0.3) is 0 Å². The highest BCUT2D eigenvalue weighted by Crippen LogP contribution is 2.42. The lowest BCUT2D eigenvalue weighted by Gasteiger charge is -2.41. The van der Waals surface area contributed by atoms with Crippen LogP contribution in [0.4, 0.5) is 0 Å². The number of carbonyl (C=O) groups excluding carboxylic acids is 1. The van der Waals surface area contributed by atoms with Gasteiger partial charge < -0.3 is 9.88 Å². The van der Waals surface area contributed by atoms with E-state index in [2.05, 4.69) is 39.6 Å². The molecule has 1 aromatic carbocycles. The number of hydrogen-bond acceptors (Lipinski definition) is 5. The Labute approximate surface area is 160 Å². The molecular weight excluding hydrogens is 360 g/mol. The van der Waals surface area contributed by atoms with Crippen molar-refractivity contribution in [3.05, 3.63) is 80.4 Å². The molecule has 138 valence electrons. The number of hydrogen-bond donors (Lipinski definition) is 1. The van der Waals surface area contributed by atoms with Gasteiger partial charge in [-0.15, -0.1) is 11.3 Å². The number of H-pyrrole nitrogens is 1. The van der Waals surface area contributed by atoms with Crippen LogP contribution in [0.2, 0.25) is 0 Å². The number of likely N-dealkylation sites (tertiary alicyclic amines) is 1. The van der Waals surface area contributed by atoms with Gasteiger partial charge in [-0.1, -0.05) is 30.3 Å². The van der Waals surface area contributed by atoms with E-state index in [0.29, 0.717) is 13.1 Å². The third kappa shape index (κ3) is 3.30. The summed E-state index contributed by atoms with van der Waals surface area (Å²) in [7, 11) is 0. The van der Waals surface area contributed by atoms with Gasteiger partial charge in [0.05, 0.1) is 16.9 Å². The maximum absolute atomic E-state index is 12.7. The minimum Gasteiger partial charge on any atom is -0.337 e. The first kappa shape index (κ1) is 17.6. The number of rotatable bonds is 3. The highest BCUT2D eigenvalue weighted by Gasteiger charge is 2.40. The zero-order chi connectivity index (χ0) is 18.9. The van der Waals surface area contributed by atoms with E-state index < -0.39 is 0 Å². The van der Waals surface area contributed by atoms with Crippen molar-refractivity contribution in [3.63, 3.8) is 0 Å². The Morgan fingerprint density at radius 2 is 1.96 bits per heavy atom. The molecule has 1 saturated heterocycles. The summed E-state index contributed by atoms with van der Waals surface area (Å²) >= 11 is 1.66. The Morgan fingerprint density at radius 3 is 2.56 bits per heavy atom. The summed E-state index contributed by atoms with van der Waals surface area (Å²) in [5.74, 6) is -0.151. The maximum atomic E-state index is 12.7. The molecule has 0 spiro atoms. The smallest absolute Gasteiger partial charge is 0.273 e. The SMILES string of the molecule is Cc1nc(C2(c3ccccc3)CCN(C(=O)c3c[nH]c(=O)cn3)CC2)cs1. The molecule has 2 aromatic heterocycles. The van der Waals surface area contributed by atoms with Crippen molar-refractivity contribution in [1.29, 1.82) is 0 Å². The number of carbonyl (C=O) groups is 1. The van der Waals surface area contributed by atoms with Crippen molar-refractivity contribution in [1.82, 2.24) is 19.9 Å². The molecule has 0 unspecified atom stereocenters. The van der Waals surface area contributed by atoms with Crippen molar-refractivity contribution in [2.24, 2.45) is 0 Å². The summed E-state index contributed by atoms with van der Waals surface area (Å²) in [5.41, 5.74) is 2.11. The minimum atomic E-state index is -0.313. The van der Waals surface area contributed by atoms with Crippen LogP contribution in [0.15, 0.2) is 52.9 Å². The highest BCUT2D eigenvalue weighted by molar-refractivity contribution is 7.09. The predicted octanol–water partition coefficient (Wildman–Crippen LogP) is 2.76. The quantitative estimate of drug-likeness (QED) is 0.758. The molecule has 6 nitrogen and oxygen atoms in total. The molecule has 0 saturated carbocycles. The molecule has 27 heavy (non-hydrogen) atoms. The number of aromatic nitrogens is 3. The standard InChI is InChI=1S/C20H20N4O2S/c1-14-23-17(13-27-14)20(15-5-3-2-4-6-15)7-9-24(10-8-20)19(26)16-11-22-18(25)12-21-16/h2-6,11-13H,7-10H2,1H3,(H,22,25). The van der Waals surface area contributed by atoms with Gasteiger partial charge in [-0.3, -0.25) is 9.59 Å². The topological polar surface area (TPSA) is 79.0 Å². The number of thiazole rings is 1. The molecule has 1 amide bonds. The first-order chi connectivity index (χ1) is 13.1. The Hall–Kier alpha value is -2.80. The third-order valence-corrected chi connectivity index (χ3v) is 6.00. The normalized spacial score (nSPS) is 16.3. The van der Waals surface area contributed by atoms with Crippen molar-refractivity contribution < 1.29 is 4.79 Å². The van der Waals surface area contributed by atoms with Crippen LogP contribution in [-0.4, -0.2) is 38.8 Å². The van der Waals surface area contributed by atoms with E-state index in [9.17, 15) is 9.59 Å². The van der Waals surface area contributed by atoms with Crippen molar-refractivity contribution in [2.75, 3.05) is 13.1 Å². The van der Waals surface area contributed by atoms with Crippen LogP contribution in [0.1, 0.15) is 39.6 Å². The molecule has 1 aliphatic heterocycles. The van der Waals surface area contributed by atoms with E-state index in [1.165, 1.54) is 11.8 Å². The van der Waals surface area contributed by atoms with E-state index in [-0.39, 0.29) is 22.6 Å². The number of amides is 1. The van der Waals surface area contributed by atoms with E-state index in [4.69, 9.17) is 4.98 Å². The number of aryl methyl sites for hydroxylation is 1. The largest absolute Gasteiger partial charge is 0.337 e. The van der Waals surface area contributed by atoms with Crippen LogP contribution in [-0.2, 0) is 5.41 Å². The van der Waals surface area contributed by atoms with Crippen molar-refractivity contribution >= 4 is 17.2 Å². The first-order valence-electron chi connectivity index (χ1n) is 8.91. The maximum Gasteiger partial charge on any atom is 0.273 e. The molecular formula is C20H20N4O2S. The molecule has 1 fully saturated rings. The zero-order valence-electron chi connectivity index (χ0n) is 15.0. The average Bonchev–Trinajstić information content (AvgIpc) is 3.16. The van der Waals surface area contributed by atoms with Crippen LogP contribution in [0, 0.1) is 6.92 Å². The van der Waals surface area contributed by atoms with E-state index in [0.717, 1.165) is 29.7 Å². The Kier molecular flexibility index (Phi) is 4.61. The Bertz CT molecular complexity index is 984. The number of aromatic amines is 1. The van der Waals surface area contributed by atoms with E-state index >= 15 is 0 Å². The monoisotopic (exact) mass is 380 g/mol. The Morgan fingerprint density at radius 1 is 1.22 bits per heavy atom. The number of nitrogens with one attached hydrogen (secondary N) is 1. The van der Waals surface area contributed by atoms with Gasteiger partial charge in [0.25, 0.3) is 11.5 Å². The number of piperidine rings is 1. The molecule has 0 aliphatic carbocycles. The number of nitrogens with zero attached hydrogens (tertiary/aromatic N) is 3. The van der Waals surface area contributed by atoms with Crippen LogP contribution < -0.4 is 5.56 Å². The first-order valence-corrected chi connectivity index (χ1v) is 9.79. The van der Waals surface area contributed by atoms with Gasteiger partial charge in [-0.05, 0) is 25.3 Å².